The van der Waals surface area contributed by atoms with E-state index < -0.39 is 0 Å². The van der Waals surface area contributed by atoms with E-state index in [4.69, 9.17) is 0 Å². The molecule has 2 aromatic carbocycles. The van der Waals surface area contributed by atoms with E-state index in [0.717, 1.165) is 35.3 Å². The maximum Gasteiger partial charge on any atom is 0.233 e. The maximum atomic E-state index is 13.1. The summed E-state index contributed by atoms with van der Waals surface area (Å²) in [6, 6.07) is 14.9. The van der Waals surface area contributed by atoms with Gasteiger partial charge in [0.25, 0.3) is 0 Å². The Morgan fingerprint density at radius 3 is 2.21 bits per heavy atom. The molecule has 2 heterocycles. The summed E-state index contributed by atoms with van der Waals surface area (Å²) in [4.78, 5) is 16.8. The number of amides is 1. The monoisotopic (exact) mass is 467 g/mol. The second kappa shape index (κ2) is 9.55. The van der Waals surface area contributed by atoms with Crippen LogP contribution in [0, 0.1) is 5.82 Å². The molecule has 0 radical (unpaired) electrons. The molecule has 0 atom stereocenters. The van der Waals surface area contributed by atoms with Crippen LogP contribution in [0.2, 0.25) is 0 Å². The van der Waals surface area contributed by atoms with E-state index in [0.29, 0.717) is 18.8 Å². The summed E-state index contributed by atoms with van der Waals surface area (Å²) in [5.74, 6) is 0.973. The summed E-state index contributed by atoms with van der Waals surface area (Å²) in [7, 11) is 1.93. The molecule has 1 amide bonds. The lowest BCUT2D eigenvalue weighted by atomic mass is 9.87. The molecule has 6 nitrogen and oxygen atoms in total. The number of halogens is 1. The summed E-state index contributed by atoms with van der Waals surface area (Å²) in [6.07, 6.45) is 0. The molecule has 0 aliphatic carbocycles. The predicted molar refractivity (Wildman–Crippen MR) is 131 cm³/mol. The van der Waals surface area contributed by atoms with E-state index in [1.54, 1.807) is 12.1 Å². The van der Waals surface area contributed by atoms with Crippen molar-refractivity contribution < 1.29 is 9.18 Å². The fourth-order valence-electron chi connectivity index (χ4n) is 3.89. The predicted octanol–water partition coefficient (Wildman–Crippen LogP) is 4.36. The molecule has 174 valence electrons. The van der Waals surface area contributed by atoms with Gasteiger partial charge < -0.3 is 14.4 Å². The Hall–Kier alpha value is -2.87. The van der Waals surface area contributed by atoms with Gasteiger partial charge in [-0.1, -0.05) is 56.8 Å². The van der Waals surface area contributed by atoms with Gasteiger partial charge in [-0.2, -0.15) is 0 Å². The van der Waals surface area contributed by atoms with Crippen LogP contribution in [0.15, 0.2) is 53.7 Å². The van der Waals surface area contributed by atoms with Crippen LogP contribution in [0.4, 0.5) is 10.1 Å². The topological polar surface area (TPSA) is 54.3 Å². The molecule has 1 saturated heterocycles. The first-order valence-corrected chi connectivity index (χ1v) is 12.1. The molecule has 8 heteroatoms. The maximum absolute atomic E-state index is 13.1. The van der Waals surface area contributed by atoms with Crippen LogP contribution < -0.4 is 4.90 Å². The Labute approximate surface area is 198 Å². The molecule has 1 aromatic heterocycles. The molecule has 0 unspecified atom stereocenters. The number of piperazine rings is 1. The van der Waals surface area contributed by atoms with E-state index in [9.17, 15) is 9.18 Å². The van der Waals surface area contributed by atoms with E-state index in [1.165, 1.54) is 29.5 Å². The molecule has 1 aliphatic rings. The fraction of sp³-hybridized carbons (Fsp3) is 0.400. The number of carbonyl (C=O) groups is 1. The zero-order valence-electron chi connectivity index (χ0n) is 19.6. The van der Waals surface area contributed by atoms with Crippen molar-refractivity contribution in [2.45, 2.75) is 31.3 Å². The van der Waals surface area contributed by atoms with Crippen LogP contribution in [0.3, 0.4) is 0 Å². The average Bonchev–Trinajstić information content (AvgIpc) is 3.18. The zero-order chi connectivity index (χ0) is 23.6. The van der Waals surface area contributed by atoms with Gasteiger partial charge in [-0.05, 0) is 35.2 Å². The number of carbonyl (C=O) groups excluding carboxylic acids is 1. The Bertz CT molecular complexity index is 1100. The lowest BCUT2D eigenvalue weighted by Gasteiger charge is -2.36. The number of rotatable bonds is 5. The Morgan fingerprint density at radius 2 is 1.61 bits per heavy atom. The van der Waals surface area contributed by atoms with Crippen molar-refractivity contribution in [1.29, 1.82) is 0 Å². The van der Waals surface area contributed by atoms with Crippen LogP contribution >= 0.6 is 11.8 Å². The van der Waals surface area contributed by atoms with Gasteiger partial charge in [0.1, 0.15) is 5.82 Å². The number of thioether (sulfide) groups is 1. The molecule has 1 aliphatic heterocycles. The molecule has 0 N–H and O–H groups in total. The van der Waals surface area contributed by atoms with Crippen molar-refractivity contribution in [1.82, 2.24) is 19.7 Å². The Kier molecular flexibility index (Phi) is 6.74. The van der Waals surface area contributed by atoms with Gasteiger partial charge in [0.2, 0.25) is 5.91 Å². The number of benzene rings is 2. The third-order valence-electron chi connectivity index (χ3n) is 5.99. The van der Waals surface area contributed by atoms with E-state index in [1.807, 2.05) is 16.5 Å². The van der Waals surface area contributed by atoms with Crippen LogP contribution in [0.1, 0.15) is 26.3 Å². The summed E-state index contributed by atoms with van der Waals surface area (Å²) >= 11 is 1.41. The number of hydrogen-bond donors (Lipinski definition) is 0. The van der Waals surface area contributed by atoms with Crippen molar-refractivity contribution in [2.24, 2.45) is 7.05 Å². The van der Waals surface area contributed by atoms with E-state index in [2.05, 4.69) is 60.1 Å². The van der Waals surface area contributed by atoms with Crippen molar-refractivity contribution in [3.8, 4) is 11.4 Å². The lowest BCUT2D eigenvalue weighted by molar-refractivity contribution is -0.128. The van der Waals surface area contributed by atoms with E-state index in [-0.39, 0.29) is 17.1 Å². The van der Waals surface area contributed by atoms with Gasteiger partial charge in [-0.25, -0.2) is 4.39 Å². The highest BCUT2D eigenvalue weighted by molar-refractivity contribution is 7.99. The lowest BCUT2D eigenvalue weighted by Crippen LogP contribution is -2.49. The van der Waals surface area contributed by atoms with Crippen molar-refractivity contribution in [3.05, 3.63) is 59.9 Å². The SMILES string of the molecule is Cn1c(SCC(=O)N2CCN(c3ccc(F)cc3)CC2)nnc1-c1ccc(C(C)(C)C)cc1. The van der Waals surface area contributed by atoms with Crippen LogP contribution in [0.25, 0.3) is 11.4 Å². The van der Waals surface area contributed by atoms with Crippen LogP contribution in [-0.4, -0.2) is 57.5 Å². The van der Waals surface area contributed by atoms with Gasteiger partial charge >= 0.3 is 0 Å². The minimum Gasteiger partial charge on any atom is -0.368 e. The van der Waals surface area contributed by atoms with Gasteiger partial charge in [-0.15, -0.1) is 10.2 Å². The van der Waals surface area contributed by atoms with Crippen molar-refractivity contribution in [3.63, 3.8) is 0 Å². The first-order valence-electron chi connectivity index (χ1n) is 11.1. The number of anilines is 1. The fourth-order valence-corrected chi connectivity index (χ4v) is 4.71. The minimum absolute atomic E-state index is 0.0952. The highest BCUT2D eigenvalue weighted by Crippen LogP contribution is 2.27. The Balaban J connectivity index is 1.32. The molecule has 3 aromatic rings. The van der Waals surface area contributed by atoms with Crippen LogP contribution in [0.5, 0.6) is 0 Å². The Morgan fingerprint density at radius 1 is 0.970 bits per heavy atom. The second-order valence-corrected chi connectivity index (χ2v) is 10.3. The normalized spacial score (nSPS) is 14.6. The third-order valence-corrected chi connectivity index (χ3v) is 7.00. The number of aromatic nitrogens is 3. The number of hydrogen-bond acceptors (Lipinski definition) is 5. The first-order chi connectivity index (χ1) is 15.7. The van der Waals surface area contributed by atoms with Gasteiger partial charge in [-0.3, -0.25) is 4.79 Å². The number of nitrogens with zero attached hydrogens (tertiary/aromatic N) is 5. The first kappa shape index (κ1) is 23.3. The molecular weight excluding hydrogens is 437 g/mol. The quantitative estimate of drug-likeness (QED) is 0.522. The molecule has 0 bridgehead atoms. The molecular formula is C25H30FN5OS. The summed E-state index contributed by atoms with van der Waals surface area (Å²) in [5, 5.41) is 9.38. The second-order valence-electron chi connectivity index (χ2n) is 9.33. The average molecular weight is 468 g/mol. The summed E-state index contributed by atoms with van der Waals surface area (Å²) in [6.45, 7) is 9.36. The third kappa shape index (κ3) is 5.38. The highest BCUT2D eigenvalue weighted by Gasteiger charge is 2.22. The van der Waals surface area contributed by atoms with Crippen LogP contribution in [-0.2, 0) is 17.3 Å². The molecule has 33 heavy (non-hydrogen) atoms. The highest BCUT2D eigenvalue weighted by atomic mass is 32.2. The van der Waals surface area contributed by atoms with Crippen molar-refractivity contribution >= 4 is 23.4 Å². The largest absolute Gasteiger partial charge is 0.368 e. The molecule has 4 rings (SSSR count). The van der Waals surface area contributed by atoms with Crippen molar-refractivity contribution in [2.75, 3.05) is 36.8 Å². The molecule has 1 fully saturated rings. The smallest absolute Gasteiger partial charge is 0.233 e. The van der Waals surface area contributed by atoms with Gasteiger partial charge in [0, 0.05) is 44.5 Å². The van der Waals surface area contributed by atoms with Gasteiger partial charge in [0.05, 0.1) is 5.75 Å². The minimum atomic E-state index is -0.238. The molecule has 0 saturated carbocycles. The zero-order valence-corrected chi connectivity index (χ0v) is 20.4. The standard InChI is InChI=1S/C25H30FN5OS/c1-25(2,3)19-7-5-18(6-8-19)23-27-28-24(29(23)4)33-17-22(32)31-15-13-30(14-16-31)21-11-9-20(26)10-12-21/h5-12H,13-17H2,1-4H3. The summed E-state index contributed by atoms with van der Waals surface area (Å²) < 4.78 is 15.1. The summed E-state index contributed by atoms with van der Waals surface area (Å²) in [5.41, 5.74) is 3.37. The van der Waals surface area contributed by atoms with Gasteiger partial charge in [0.15, 0.2) is 11.0 Å². The molecule has 0 spiro atoms. The van der Waals surface area contributed by atoms with E-state index >= 15 is 0 Å².